The number of aromatic nitrogens is 1. The molecule has 0 spiro atoms. The number of halogens is 1. The lowest BCUT2D eigenvalue weighted by molar-refractivity contribution is 0.286. The Bertz CT molecular complexity index is 413. The second-order valence-corrected chi connectivity index (χ2v) is 6.97. The van der Waals surface area contributed by atoms with Gasteiger partial charge in [0.1, 0.15) is 0 Å². The average Bonchev–Trinajstić information content (AvgIpc) is 2.33. The molecule has 0 aliphatic rings. The lowest BCUT2D eigenvalue weighted by Gasteiger charge is -2.20. The Kier molecular flexibility index (Phi) is 6.77. The zero-order chi connectivity index (χ0) is 15.2. The van der Waals surface area contributed by atoms with Crippen LogP contribution in [0.15, 0.2) is 12.1 Å². The van der Waals surface area contributed by atoms with Gasteiger partial charge in [0.25, 0.3) is 0 Å². The first-order valence-corrected chi connectivity index (χ1v) is 7.69. The Morgan fingerprint density at radius 1 is 1.30 bits per heavy atom. The molecule has 1 aromatic rings. The molecule has 1 N–H and O–H groups in total. The topological polar surface area (TPSA) is 34.1 Å². The summed E-state index contributed by atoms with van der Waals surface area (Å²) in [5.41, 5.74) is 0.877. The summed E-state index contributed by atoms with van der Waals surface area (Å²) < 4.78 is 5.69. The van der Waals surface area contributed by atoms with Gasteiger partial charge >= 0.3 is 0 Å². The fourth-order valence-corrected chi connectivity index (χ4v) is 1.86. The summed E-state index contributed by atoms with van der Waals surface area (Å²) >= 11 is 6.17. The Labute approximate surface area is 128 Å². The summed E-state index contributed by atoms with van der Waals surface area (Å²) in [7, 11) is 0. The van der Waals surface area contributed by atoms with Gasteiger partial charge in [-0.3, -0.25) is 0 Å². The van der Waals surface area contributed by atoms with Gasteiger partial charge in [-0.1, -0.05) is 25.4 Å². The summed E-state index contributed by atoms with van der Waals surface area (Å²) in [6.07, 6.45) is 2.23. The van der Waals surface area contributed by atoms with Gasteiger partial charge in [0.05, 0.1) is 17.3 Å². The highest BCUT2D eigenvalue weighted by Gasteiger charge is 2.11. The minimum Gasteiger partial charge on any atom is -0.478 e. The van der Waals surface area contributed by atoms with E-state index in [0.717, 1.165) is 12.1 Å². The minimum absolute atomic E-state index is 0.0408. The summed E-state index contributed by atoms with van der Waals surface area (Å²) in [5.74, 6) is 1.37. The van der Waals surface area contributed by atoms with Crippen molar-refractivity contribution in [2.24, 2.45) is 5.92 Å². The predicted octanol–water partition coefficient (Wildman–Crippen LogP) is 4.44. The van der Waals surface area contributed by atoms with Gasteiger partial charge in [-0.05, 0) is 45.6 Å². The number of nitrogens with one attached hydrogen (secondary N) is 1. The standard InChI is InChI=1S/C16H27ClN2O/c1-12(2)7-6-10-20-15-9-8-13(17)14(19-15)11-18-16(3,4)5/h8-9,12,18H,6-7,10-11H2,1-5H3. The second kappa shape index (κ2) is 7.84. The normalized spacial score (nSPS) is 11.9. The van der Waals surface area contributed by atoms with Gasteiger partial charge in [0.15, 0.2) is 0 Å². The van der Waals surface area contributed by atoms with Gasteiger partial charge in [-0.25, -0.2) is 4.98 Å². The number of pyridine rings is 1. The number of rotatable bonds is 7. The molecule has 0 saturated carbocycles. The van der Waals surface area contributed by atoms with E-state index < -0.39 is 0 Å². The van der Waals surface area contributed by atoms with E-state index in [1.165, 1.54) is 6.42 Å². The molecule has 20 heavy (non-hydrogen) atoms. The van der Waals surface area contributed by atoms with E-state index in [1.54, 1.807) is 0 Å². The third-order valence-corrected chi connectivity index (χ3v) is 3.20. The van der Waals surface area contributed by atoms with E-state index in [1.807, 2.05) is 12.1 Å². The monoisotopic (exact) mass is 298 g/mol. The minimum atomic E-state index is 0.0408. The summed E-state index contributed by atoms with van der Waals surface area (Å²) in [6, 6.07) is 3.68. The molecule has 4 heteroatoms. The molecule has 0 saturated heterocycles. The molecule has 114 valence electrons. The average molecular weight is 299 g/mol. The van der Waals surface area contributed by atoms with E-state index >= 15 is 0 Å². The first kappa shape index (κ1) is 17.3. The lowest BCUT2D eigenvalue weighted by atomic mass is 10.1. The number of hydrogen-bond acceptors (Lipinski definition) is 3. The molecule has 0 aliphatic carbocycles. The van der Waals surface area contributed by atoms with Gasteiger partial charge in [-0.2, -0.15) is 0 Å². The van der Waals surface area contributed by atoms with Crippen molar-refractivity contribution >= 4 is 11.6 Å². The third kappa shape index (κ3) is 7.11. The van der Waals surface area contributed by atoms with Crippen LogP contribution < -0.4 is 10.1 Å². The van der Waals surface area contributed by atoms with Gasteiger partial charge < -0.3 is 10.1 Å². The smallest absolute Gasteiger partial charge is 0.213 e. The molecule has 3 nitrogen and oxygen atoms in total. The number of ether oxygens (including phenoxy) is 1. The molecule has 0 bridgehead atoms. The van der Waals surface area contributed by atoms with Crippen LogP contribution in [-0.4, -0.2) is 17.1 Å². The molecule has 0 unspecified atom stereocenters. The van der Waals surface area contributed by atoms with Crippen LogP contribution in [0.4, 0.5) is 0 Å². The molecular formula is C16H27ClN2O. The Morgan fingerprint density at radius 2 is 2.00 bits per heavy atom. The SMILES string of the molecule is CC(C)CCCOc1ccc(Cl)c(CNC(C)(C)C)n1. The molecule has 0 aromatic carbocycles. The van der Waals surface area contributed by atoms with E-state index in [0.29, 0.717) is 30.0 Å². The maximum Gasteiger partial charge on any atom is 0.213 e. The zero-order valence-corrected chi connectivity index (χ0v) is 14.0. The summed E-state index contributed by atoms with van der Waals surface area (Å²) in [4.78, 5) is 4.48. The fourth-order valence-electron chi connectivity index (χ4n) is 1.69. The van der Waals surface area contributed by atoms with Crippen LogP contribution in [0.5, 0.6) is 5.88 Å². The van der Waals surface area contributed by atoms with Crippen molar-refractivity contribution in [2.45, 2.75) is 59.5 Å². The highest BCUT2D eigenvalue weighted by molar-refractivity contribution is 6.31. The maximum absolute atomic E-state index is 6.17. The highest BCUT2D eigenvalue weighted by atomic mass is 35.5. The largest absolute Gasteiger partial charge is 0.478 e. The fraction of sp³-hybridized carbons (Fsp3) is 0.688. The van der Waals surface area contributed by atoms with Crippen molar-refractivity contribution in [1.82, 2.24) is 10.3 Å². The van der Waals surface area contributed by atoms with Crippen LogP contribution in [0.3, 0.4) is 0 Å². The van der Waals surface area contributed by atoms with Crippen LogP contribution in [0, 0.1) is 5.92 Å². The van der Waals surface area contributed by atoms with E-state index in [4.69, 9.17) is 16.3 Å². The quantitative estimate of drug-likeness (QED) is 0.756. The van der Waals surface area contributed by atoms with Crippen molar-refractivity contribution in [3.63, 3.8) is 0 Å². The van der Waals surface area contributed by atoms with Crippen molar-refractivity contribution < 1.29 is 4.74 Å². The first-order chi connectivity index (χ1) is 9.28. The van der Waals surface area contributed by atoms with Gasteiger partial charge in [-0.15, -0.1) is 0 Å². The molecule has 0 atom stereocenters. The van der Waals surface area contributed by atoms with Crippen LogP contribution in [0.25, 0.3) is 0 Å². The van der Waals surface area contributed by atoms with Gasteiger partial charge in [0, 0.05) is 18.2 Å². The van der Waals surface area contributed by atoms with Crippen LogP contribution in [0.2, 0.25) is 5.02 Å². The maximum atomic E-state index is 6.17. The van der Waals surface area contributed by atoms with Crippen LogP contribution >= 0.6 is 11.6 Å². The first-order valence-electron chi connectivity index (χ1n) is 7.31. The van der Waals surface area contributed by atoms with Gasteiger partial charge in [0.2, 0.25) is 5.88 Å². The molecule has 1 aromatic heterocycles. The Balaban J connectivity index is 2.53. The molecule has 0 aliphatic heterocycles. The highest BCUT2D eigenvalue weighted by Crippen LogP contribution is 2.19. The second-order valence-electron chi connectivity index (χ2n) is 6.57. The van der Waals surface area contributed by atoms with Crippen LogP contribution in [-0.2, 0) is 6.54 Å². The molecular weight excluding hydrogens is 272 g/mol. The predicted molar refractivity (Wildman–Crippen MR) is 85.4 cm³/mol. The van der Waals surface area contributed by atoms with Crippen molar-refractivity contribution in [3.8, 4) is 5.88 Å². The Morgan fingerprint density at radius 3 is 2.60 bits per heavy atom. The molecule has 1 heterocycles. The lowest BCUT2D eigenvalue weighted by Crippen LogP contribution is -2.35. The van der Waals surface area contributed by atoms with Crippen molar-refractivity contribution in [3.05, 3.63) is 22.8 Å². The molecule has 0 radical (unpaired) electrons. The summed E-state index contributed by atoms with van der Waals surface area (Å²) in [5, 5.41) is 4.06. The number of hydrogen-bond donors (Lipinski definition) is 1. The van der Waals surface area contributed by atoms with Crippen molar-refractivity contribution in [2.75, 3.05) is 6.61 Å². The van der Waals surface area contributed by atoms with E-state index in [2.05, 4.69) is 44.9 Å². The third-order valence-electron chi connectivity index (χ3n) is 2.85. The molecule has 0 fully saturated rings. The molecule has 0 amide bonds. The zero-order valence-electron chi connectivity index (χ0n) is 13.3. The molecule has 1 rings (SSSR count). The Hall–Kier alpha value is -0.800. The van der Waals surface area contributed by atoms with Crippen molar-refractivity contribution in [1.29, 1.82) is 0 Å². The van der Waals surface area contributed by atoms with Crippen LogP contribution in [0.1, 0.15) is 53.2 Å². The number of nitrogens with zero attached hydrogens (tertiary/aromatic N) is 1. The van der Waals surface area contributed by atoms with E-state index in [-0.39, 0.29) is 5.54 Å². The summed E-state index contributed by atoms with van der Waals surface area (Å²) in [6.45, 7) is 12.1. The van der Waals surface area contributed by atoms with E-state index in [9.17, 15) is 0 Å².